The molecule has 0 radical (unpaired) electrons. The van der Waals surface area contributed by atoms with Crippen LogP contribution in [0.4, 0.5) is 5.69 Å². The molecular weight excluding hydrogens is 186 g/mol. The standard InChI is InChI=1S/C10H12ClNO/c1-8(11)10(13)12(2)9-6-4-3-5-7-9/h3-8H,1-2H3/t8-/m0/s1. The van der Waals surface area contributed by atoms with Gasteiger partial charge in [0.05, 0.1) is 0 Å². The first-order valence-electron chi connectivity index (χ1n) is 4.09. The molecule has 0 aliphatic heterocycles. The first kappa shape index (κ1) is 10.1. The van der Waals surface area contributed by atoms with Crippen LogP contribution < -0.4 is 4.90 Å². The van der Waals surface area contributed by atoms with E-state index in [1.165, 1.54) is 0 Å². The van der Waals surface area contributed by atoms with Crippen molar-refractivity contribution in [2.75, 3.05) is 11.9 Å². The summed E-state index contributed by atoms with van der Waals surface area (Å²) in [7, 11) is 1.72. The summed E-state index contributed by atoms with van der Waals surface area (Å²) in [6.45, 7) is 1.67. The SMILES string of the molecule is C[C@H](Cl)C(=O)N(C)c1ccccc1. The molecule has 0 bridgehead atoms. The lowest BCUT2D eigenvalue weighted by atomic mass is 10.3. The molecule has 70 valence electrons. The van der Waals surface area contributed by atoms with Gasteiger partial charge in [-0.05, 0) is 19.1 Å². The number of hydrogen-bond donors (Lipinski definition) is 0. The summed E-state index contributed by atoms with van der Waals surface area (Å²) in [6.07, 6.45) is 0. The molecule has 0 heterocycles. The van der Waals surface area contributed by atoms with Crippen molar-refractivity contribution in [3.05, 3.63) is 30.3 Å². The third-order valence-electron chi connectivity index (χ3n) is 1.81. The van der Waals surface area contributed by atoms with E-state index >= 15 is 0 Å². The number of carbonyl (C=O) groups is 1. The Morgan fingerprint density at radius 1 is 1.38 bits per heavy atom. The predicted molar refractivity (Wildman–Crippen MR) is 55.2 cm³/mol. The van der Waals surface area contributed by atoms with Crippen molar-refractivity contribution in [1.29, 1.82) is 0 Å². The van der Waals surface area contributed by atoms with E-state index in [-0.39, 0.29) is 5.91 Å². The van der Waals surface area contributed by atoms with Crippen LogP contribution in [0, 0.1) is 0 Å². The maximum atomic E-state index is 11.4. The number of para-hydroxylation sites is 1. The zero-order chi connectivity index (χ0) is 9.84. The molecule has 1 rings (SSSR count). The van der Waals surface area contributed by atoms with Gasteiger partial charge < -0.3 is 4.90 Å². The molecule has 0 saturated heterocycles. The Bertz CT molecular complexity index is 284. The molecule has 0 aliphatic rings. The lowest BCUT2D eigenvalue weighted by Crippen LogP contribution is -2.31. The molecule has 1 atom stereocenters. The van der Waals surface area contributed by atoms with E-state index in [4.69, 9.17) is 11.6 Å². The first-order chi connectivity index (χ1) is 6.13. The van der Waals surface area contributed by atoms with Gasteiger partial charge in [-0.2, -0.15) is 0 Å². The highest BCUT2D eigenvalue weighted by Crippen LogP contribution is 2.13. The fraction of sp³-hybridized carbons (Fsp3) is 0.300. The quantitative estimate of drug-likeness (QED) is 0.667. The Morgan fingerprint density at radius 2 is 1.92 bits per heavy atom. The van der Waals surface area contributed by atoms with Crippen LogP contribution in [0.5, 0.6) is 0 Å². The van der Waals surface area contributed by atoms with Gasteiger partial charge in [-0.25, -0.2) is 0 Å². The number of halogens is 1. The molecule has 13 heavy (non-hydrogen) atoms. The third-order valence-corrected chi connectivity index (χ3v) is 2.00. The number of nitrogens with zero attached hydrogens (tertiary/aromatic N) is 1. The number of amides is 1. The number of benzene rings is 1. The molecule has 0 unspecified atom stereocenters. The van der Waals surface area contributed by atoms with Crippen LogP contribution in [0.2, 0.25) is 0 Å². The number of anilines is 1. The summed E-state index contributed by atoms with van der Waals surface area (Å²) in [4.78, 5) is 13.0. The Balaban J connectivity index is 2.80. The zero-order valence-electron chi connectivity index (χ0n) is 7.70. The van der Waals surface area contributed by atoms with Crippen molar-refractivity contribution in [3.63, 3.8) is 0 Å². The minimum Gasteiger partial charge on any atom is -0.314 e. The largest absolute Gasteiger partial charge is 0.314 e. The van der Waals surface area contributed by atoms with E-state index < -0.39 is 5.38 Å². The number of rotatable bonds is 2. The number of alkyl halides is 1. The molecule has 2 nitrogen and oxygen atoms in total. The van der Waals surface area contributed by atoms with Crippen LogP contribution in [0.15, 0.2) is 30.3 Å². The second-order valence-corrected chi connectivity index (χ2v) is 3.50. The molecule has 0 fully saturated rings. The van der Waals surface area contributed by atoms with Crippen LogP contribution in [0.1, 0.15) is 6.92 Å². The molecule has 1 aromatic rings. The van der Waals surface area contributed by atoms with Crippen LogP contribution >= 0.6 is 11.6 Å². The van der Waals surface area contributed by atoms with Crippen molar-refractivity contribution < 1.29 is 4.79 Å². The zero-order valence-corrected chi connectivity index (χ0v) is 8.45. The van der Waals surface area contributed by atoms with Crippen molar-refractivity contribution in [3.8, 4) is 0 Å². The average Bonchev–Trinajstić information content (AvgIpc) is 2.17. The lowest BCUT2D eigenvalue weighted by molar-refractivity contribution is -0.117. The van der Waals surface area contributed by atoms with E-state index in [1.807, 2.05) is 30.3 Å². The Morgan fingerprint density at radius 3 is 2.38 bits per heavy atom. The second-order valence-electron chi connectivity index (χ2n) is 2.85. The smallest absolute Gasteiger partial charge is 0.244 e. The van der Waals surface area contributed by atoms with E-state index in [9.17, 15) is 4.79 Å². The van der Waals surface area contributed by atoms with E-state index in [1.54, 1.807) is 18.9 Å². The molecule has 0 aliphatic carbocycles. The van der Waals surface area contributed by atoms with Gasteiger partial charge in [0.15, 0.2) is 0 Å². The van der Waals surface area contributed by atoms with Gasteiger partial charge in [-0.1, -0.05) is 18.2 Å². The molecular formula is C10H12ClNO. The van der Waals surface area contributed by atoms with Crippen molar-refractivity contribution in [1.82, 2.24) is 0 Å². The highest BCUT2D eigenvalue weighted by Gasteiger charge is 2.15. The monoisotopic (exact) mass is 197 g/mol. The topological polar surface area (TPSA) is 20.3 Å². The van der Waals surface area contributed by atoms with Crippen LogP contribution in [-0.4, -0.2) is 18.3 Å². The second kappa shape index (κ2) is 4.28. The lowest BCUT2D eigenvalue weighted by Gasteiger charge is -2.18. The average molecular weight is 198 g/mol. The number of carbonyl (C=O) groups excluding carboxylic acids is 1. The summed E-state index contributed by atoms with van der Waals surface area (Å²) in [6, 6.07) is 9.43. The molecule has 3 heteroatoms. The van der Waals surface area contributed by atoms with Crippen LogP contribution in [0.3, 0.4) is 0 Å². The highest BCUT2D eigenvalue weighted by molar-refractivity contribution is 6.32. The molecule has 0 aromatic heterocycles. The summed E-state index contributed by atoms with van der Waals surface area (Å²) in [5, 5.41) is -0.481. The summed E-state index contributed by atoms with van der Waals surface area (Å²) < 4.78 is 0. The van der Waals surface area contributed by atoms with Gasteiger partial charge in [0.25, 0.3) is 0 Å². The van der Waals surface area contributed by atoms with Crippen molar-refractivity contribution in [2.24, 2.45) is 0 Å². The van der Waals surface area contributed by atoms with Crippen LogP contribution in [0.25, 0.3) is 0 Å². The Kier molecular flexibility index (Phi) is 3.32. The maximum Gasteiger partial charge on any atom is 0.244 e. The van der Waals surface area contributed by atoms with Gasteiger partial charge in [0.2, 0.25) is 5.91 Å². The van der Waals surface area contributed by atoms with Crippen molar-refractivity contribution in [2.45, 2.75) is 12.3 Å². The summed E-state index contributed by atoms with van der Waals surface area (Å²) in [5.74, 6) is -0.0899. The first-order valence-corrected chi connectivity index (χ1v) is 4.53. The molecule has 1 amide bonds. The third kappa shape index (κ3) is 2.46. The van der Waals surface area contributed by atoms with Crippen molar-refractivity contribution >= 4 is 23.2 Å². The molecule has 0 saturated carbocycles. The van der Waals surface area contributed by atoms with Gasteiger partial charge in [0.1, 0.15) is 5.38 Å². The van der Waals surface area contributed by atoms with E-state index in [2.05, 4.69) is 0 Å². The van der Waals surface area contributed by atoms with Gasteiger partial charge >= 0.3 is 0 Å². The minimum absolute atomic E-state index is 0.0899. The van der Waals surface area contributed by atoms with Gasteiger partial charge in [0, 0.05) is 12.7 Å². The van der Waals surface area contributed by atoms with E-state index in [0.717, 1.165) is 5.69 Å². The maximum absolute atomic E-state index is 11.4. The van der Waals surface area contributed by atoms with Crippen LogP contribution in [-0.2, 0) is 4.79 Å². The van der Waals surface area contributed by atoms with Gasteiger partial charge in [-0.15, -0.1) is 11.6 Å². The summed E-state index contributed by atoms with van der Waals surface area (Å²) >= 11 is 5.68. The van der Waals surface area contributed by atoms with E-state index in [0.29, 0.717) is 0 Å². The Labute approximate surface area is 83.1 Å². The normalized spacial score (nSPS) is 12.2. The van der Waals surface area contributed by atoms with Gasteiger partial charge in [-0.3, -0.25) is 4.79 Å². The highest BCUT2D eigenvalue weighted by atomic mass is 35.5. The summed E-state index contributed by atoms with van der Waals surface area (Å²) in [5.41, 5.74) is 0.861. The predicted octanol–water partition coefficient (Wildman–Crippen LogP) is 2.28. The fourth-order valence-corrected chi connectivity index (χ4v) is 1.19. The molecule has 1 aromatic carbocycles. The molecule has 0 N–H and O–H groups in total. The number of hydrogen-bond acceptors (Lipinski definition) is 1. The Hall–Kier alpha value is -1.02. The fourth-order valence-electron chi connectivity index (χ4n) is 1.05. The minimum atomic E-state index is -0.481. The molecule has 0 spiro atoms.